The van der Waals surface area contributed by atoms with Gasteiger partial charge in [0.15, 0.2) is 0 Å². The molecule has 0 spiro atoms. The van der Waals surface area contributed by atoms with Gasteiger partial charge in [-0.1, -0.05) is 12.1 Å². The number of benzene rings is 2. The predicted molar refractivity (Wildman–Crippen MR) is 102 cm³/mol. The second kappa shape index (κ2) is 6.55. The third-order valence-corrected chi connectivity index (χ3v) is 3.74. The first kappa shape index (κ1) is 17.5. The van der Waals surface area contributed by atoms with Crippen LogP contribution in [0.25, 0.3) is 10.9 Å². The molecular weight excluding hydrogens is 330 g/mol. The largest absolute Gasteiger partial charge is 0.443 e. The summed E-state index contributed by atoms with van der Waals surface area (Å²) in [6.45, 7) is 5.46. The van der Waals surface area contributed by atoms with E-state index in [1.165, 1.54) is 4.57 Å². The normalized spacial score (nSPS) is 11.3. The average Bonchev–Trinajstić information content (AvgIpc) is 2.97. The van der Waals surface area contributed by atoms with Crippen molar-refractivity contribution in [3.63, 3.8) is 0 Å². The molecule has 0 aliphatic carbocycles. The maximum Gasteiger partial charge on any atom is 0.418 e. The Balaban J connectivity index is 1.84. The number of fused-ring (bicyclic) bond motifs is 1. The third kappa shape index (κ3) is 3.69. The summed E-state index contributed by atoms with van der Waals surface area (Å²) in [7, 11) is 0. The van der Waals surface area contributed by atoms with Crippen LogP contribution >= 0.6 is 0 Å². The van der Waals surface area contributed by atoms with Crippen molar-refractivity contribution in [3.8, 4) is 0 Å². The first-order valence-corrected chi connectivity index (χ1v) is 8.25. The highest BCUT2D eigenvalue weighted by atomic mass is 16.6. The number of amides is 1. The molecule has 6 heteroatoms. The second-order valence-electron chi connectivity index (χ2n) is 6.98. The highest BCUT2D eigenvalue weighted by Crippen LogP contribution is 2.23. The fourth-order valence-corrected chi connectivity index (χ4v) is 2.59. The minimum atomic E-state index is -0.572. The second-order valence-corrected chi connectivity index (χ2v) is 6.98. The van der Waals surface area contributed by atoms with Crippen LogP contribution in [-0.2, 0) is 4.74 Å². The fourth-order valence-electron chi connectivity index (χ4n) is 2.59. The molecule has 0 fully saturated rings. The number of hydrogen-bond donors (Lipinski definition) is 2. The van der Waals surface area contributed by atoms with E-state index in [-0.39, 0.29) is 5.91 Å². The number of nitrogens with zero attached hydrogens (tertiary/aromatic N) is 1. The molecule has 0 saturated heterocycles. The van der Waals surface area contributed by atoms with Crippen LogP contribution in [0.15, 0.2) is 54.7 Å². The lowest BCUT2D eigenvalue weighted by molar-refractivity contribution is 0.0544. The zero-order valence-electron chi connectivity index (χ0n) is 14.9. The number of nitrogens with one attached hydrogen (secondary N) is 1. The van der Waals surface area contributed by atoms with Crippen LogP contribution in [0.4, 0.5) is 16.2 Å². The van der Waals surface area contributed by atoms with E-state index in [0.717, 1.165) is 5.39 Å². The summed E-state index contributed by atoms with van der Waals surface area (Å²) in [5.41, 5.74) is 7.42. The van der Waals surface area contributed by atoms with Crippen molar-refractivity contribution in [2.45, 2.75) is 26.4 Å². The zero-order valence-corrected chi connectivity index (χ0v) is 14.9. The van der Waals surface area contributed by atoms with Crippen LogP contribution < -0.4 is 11.1 Å². The molecule has 3 N–H and O–H groups in total. The number of aromatic nitrogens is 1. The monoisotopic (exact) mass is 351 g/mol. The molecule has 0 radical (unpaired) electrons. The molecule has 0 bridgehead atoms. The molecule has 26 heavy (non-hydrogen) atoms. The van der Waals surface area contributed by atoms with Gasteiger partial charge in [-0.15, -0.1) is 0 Å². The summed E-state index contributed by atoms with van der Waals surface area (Å²) in [6, 6.07) is 14.0. The summed E-state index contributed by atoms with van der Waals surface area (Å²) in [4.78, 5) is 24.6. The molecule has 6 nitrogen and oxygen atoms in total. The minimum Gasteiger partial charge on any atom is -0.443 e. The molecule has 3 rings (SSSR count). The molecule has 134 valence electrons. The van der Waals surface area contributed by atoms with Crippen LogP contribution in [0.3, 0.4) is 0 Å². The van der Waals surface area contributed by atoms with Crippen molar-refractivity contribution < 1.29 is 14.3 Å². The maximum atomic E-state index is 12.4. The van der Waals surface area contributed by atoms with Gasteiger partial charge >= 0.3 is 6.09 Å². The van der Waals surface area contributed by atoms with E-state index in [1.54, 1.807) is 54.7 Å². The molecule has 2 aromatic carbocycles. The number of nitrogen functional groups attached to an aromatic ring is 1. The molecule has 0 aliphatic heterocycles. The van der Waals surface area contributed by atoms with Crippen molar-refractivity contribution in [1.29, 1.82) is 0 Å². The van der Waals surface area contributed by atoms with Crippen molar-refractivity contribution in [1.82, 2.24) is 4.57 Å². The van der Waals surface area contributed by atoms with Gasteiger partial charge in [0.2, 0.25) is 0 Å². The van der Waals surface area contributed by atoms with Gasteiger partial charge in [0.25, 0.3) is 5.91 Å². The van der Waals surface area contributed by atoms with E-state index in [4.69, 9.17) is 10.5 Å². The summed E-state index contributed by atoms with van der Waals surface area (Å²) in [6.07, 6.45) is 1.21. The van der Waals surface area contributed by atoms with E-state index in [1.807, 2.05) is 20.8 Å². The number of carbonyl (C=O) groups is 2. The molecular formula is C20H21N3O3. The summed E-state index contributed by atoms with van der Waals surface area (Å²) in [5, 5.41) is 3.64. The SMILES string of the molecule is CC(C)(C)OC(=O)n1ccc2cc(NC(=O)c3ccccc3N)ccc21. The van der Waals surface area contributed by atoms with Crippen LogP contribution in [0, 0.1) is 0 Å². The fraction of sp³-hybridized carbons (Fsp3) is 0.200. The lowest BCUT2D eigenvalue weighted by Gasteiger charge is -2.19. The average molecular weight is 351 g/mol. The van der Waals surface area contributed by atoms with E-state index in [2.05, 4.69) is 5.32 Å². The van der Waals surface area contributed by atoms with Crippen LogP contribution in [-0.4, -0.2) is 22.2 Å². The first-order valence-electron chi connectivity index (χ1n) is 8.25. The first-order chi connectivity index (χ1) is 12.2. The quantitative estimate of drug-likeness (QED) is 0.676. The van der Waals surface area contributed by atoms with E-state index >= 15 is 0 Å². The zero-order chi connectivity index (χ0) is 18.9. The minimum absolute atomic E-state index is 0.283. The smallest absolute Gasteiger partial charge is 0.418 e. The highest BCUT2D eigenvalue weighted by molar-refractivity contribution is 6.08. The number of hydrogen-bond acceptors (Lipinski definition) is 4. The number of rotatable bonds is 2. The Bertz CT molecular complexity index is 983. The van der Waals surface area contributed by atoms with Gasteiger partial charge in [-0.2, -0.15) is 0 Å². The lowest BCUT2D eigenvalue weighted by atomic mass is 10.1. The standard InChI is InChI=1S/C20H21N3O3/c1-20(2,3)26-19(25)23-11-10-13-12-14(8-9-17(13)23)22-18(24)15-6-4-5-7-16(15)21/h4-12H,21H2,1-3H3,(H,22,24). The number of ether oxygens (including phenoxy) is 1. The molecule has 1 heterocycles. The molecule has 0 atom stereocenters. The van der Waals surface area contributed by atoms with Gasteiger partial charge in [-0.25, -0.2) is 4.79 Å². The van der Waals surface area contributed by atoms with Gasteiger partial charge in [-0.05, 0) is 57.2 Å². The Hall–Kier alpha value is -3.28. The van der Waals surface area contributed by atoms with Crippen LogP contribution in [0.5, 0.6) is 0 Å². The van der Waals surface area contributed by atoms with Gasteiger partial charge in [-0.3, -0.25) is 9.36 Å². The number of para-hydroxylation sites is 1. The Morgan fingerprint density at radius 3 is 2.50 bits per heavy atom. The van der Waals surface area contributed by atoms with Crippen molar-refractivity contribution in [2.24, 2.45) is 0 Å². The Kier molecular flexibility index (Phi) is 4.42. The summed E-state index contributed by atoms with van der Waals surface area (Å²) < 4.78 is 6.84. The van der Waals surface area contributed by atoms with Gasteiger partial charge < -0.3 is 15.8 Å². The van der Waals surface area contributed by atoms with Crippen LogP contribution in [0.1, 0.15) is 31.1 Å². The Morgan fingerprint density at radius 1 is 1.08 bits per heavy atom. The molecule has 0 aliphatic rings. The van der Waals surface area contributed by atoms with Crippen molar-refractivity contribution in [2.75, 3.05) is 11.1 Å². The molecule has 1 amide bonds. The van der Waals surface area contributed by atoms with E-state index in [9.17, 15) is 9.59 Å². The number of carbonyl (C=O) groups excluding carboxylic acids is 2. The Labute approximate surface area is 151 Å². The summed E-state index contributed by atoms with van der Waals surface area (Å²) >= 11 is 0. The summed E-state index contributed by atoms with van der Waals surface area (Å²) in [5.74, 6) is -0.283. The maximum absolute atomic E-state index is 12.4. The van der Waals surface area contributed by atoms with E-state index in [0.29, 0.717) is 22.5 Å². The molecule has 0 saturated carbocycles. The predicted octanol–water partition coefficient (Wildman–Crippen LogP) is 4.26. The molecule has 0 unspecified atom stereocenters. The highest BCUT2D eigenvalue weighted by Gasteiger charge is 2.19. The van der Waals surface area contributed by atoms with Gasteiger partial charge in [0.05, 0.1) is 11.1 Å². The number of anilines is 2. The van der Waals surface area contributed by atoms with E-state index < -0.39 is 11.7 Å². The van der Waals surface area contributed by atoms with Crippen molar-refractivity contribution in [3.05, 3.63) is 60.3 Å². The molecule has 1 aromatic heterocycles. The third-order valence-electron chi connectivity index (χ3n) is 3.74. The topological polar surface area (TPSA) is 86.3 Å². The lowest BCUT2D eigenvalue weighted by Crippen LogP contribution is -2.26. The van der Waals surface area contributed by atoms with Crippen LogP contribution in [0.2, 0.25) is 0 Å². The Morgan fingerprint density at radius 2 is 1.81 bits per heavy atom. The molecule has 3 aromatic rings. The van der Waals surface area contributed by atoms with Crippen molar-refractivity contribution >= 4 is 34.3 Å². The van der Waals surface area contributed by atoms with Gasteiger partial charge in [0.1, 0.15) is 5.60 Å². The van der Waals surface area contributed by atoms with Gasteiger partial charge in [0, 0.05) is 23.0 Å². The number of nitrogens with two attached hydrogens (primary N) is 1.